The van der Waals surface area contributed by atoms with Gasteiger partial charge < -0.3 is 9.32 Å². The smallest absolute Gasteiger partial charge is 0.236 e. The molecule has 4 heterocycles. The van der Waals surface area contributed by atoms with Gasteiger partial charge in [0.25, 0.3) is 0 Å². The summed E-state index contributed by atoms with van der Waals surface area (Å²) in [6.07, 6.45) is 4.08. The van der Waals surface area contributed by atoms with Crippen molar-refractivity contribution in [2.75, 3.05) is 45.8 Å². The molecule has 2 aromatic heterocycles. The number of aromatic nitrogens is 1. The van der Waals surface area contributed by atoms with E-state index < -0.39 is 0 Å². The van der Waals surface area contributed by atoms with Gasteiger partial charge >= 0.3 is 0 Å². The Kier molecular flexibility index (Phi) is 5.14. The Morgan fingerprint density at radius 1 is 1.12 bits per heavy atom. The number of nitrogens with zero attached hydrogens (tertiary/aromatic N) is 4. The topological polar surface area (TPSA) is 52.8 Å². The second kappa shape index (κ2) is 7.68. The summed E-state index contributed by atoms with van der Waals surface area (Å²) in [5.41, 5.74) is 0.977. The molecule has 2 aliphatic rings. The summed E-state index contributed by atoms with van der Waals surface area (Å²) in [6, 6.07) is 4.03. The molecule has 6 nitrogen and oxygen atoms in total. The van der Waals surface area contributed by atoms with Crippen LogP contribution in [0.15, 0.2) is 28.2 Å². The van der Waals surface area contributed by atoms with E-state index in [2.05, 4.69) is 14.8 Å². The number of hydrogen-bond acceptors (Lipinski definition) is 6. The van der Waals surface area contributed by atoms with Gasteiger partial charge in [-0.3, -0.25) is 14.6 Å². The molecule has 0 saturated carbocycles. The molecule has 25 heavy (non-hydrogen) atoms. The number of rotatable bonds is 5. The lowest BCUT2D eigenvalue weighted by Crippen LogP contribution is -2.49. The minimum atomic E-state index is 0.294. The molecule has 4 rings (SSSR count). The van der Waals surface area contributed by atoms with Gasteiger partial charge in [0.1, 0.15) is 6.26 Å². The molecule has 0 spiro atoms. The van der Waals surface area contributed by atoms with E-state index in [9.17, 15) is 4.79 Å². The van der Waals surface area contributed by atoms with Gasteiger partial charge in [0, 0.05) is 45.8 Å². The molecule has 7 heteroatoms. The Morgan fingerprint density at radius 3 is 2.60 bits per heavy atom. The Morgan fingerprint density at radius 2 is 1.88 bits per heavy atom. The fourth-order valence-electron chi connectivity index (χ4n) is 3.49. The van der Waals surface area contributed by atoms with Gasteiger partial charge in [0.15, 0.2) is 0 Å². The van der Waals surface area contributed by atoms with Crippen LogP contribution in [0.2, 0.25) is 0 Å². The lowest BCUT2D eigenvalue weighted by molar-refractivity contribution is -0.131. The molecule has 2 aromatic rings. The average Bonchev–Trinajstić information content (AvgIpc) is 3.38. The quantitative estimate of drug-likeness (QED) is 0.818. The predicted molar refractivity (Wildman–Crippen MR) is 97.3 cm³/mol. The van der Waals surface area contributed by atoms with Crippen LogP contribution in [0.4, 0.5) is 0 Å². The highest BCUT2D eigenvalue weighted by molar-refractivity contribution is 7.13. The average molecular weight is 360 g/mol. The van der Waals surface area contributed by atoms with Crippen LogP contribution in [0.3, 0.4) is 0 Å². The van der Waals surface area contributed by atoms with E-state index in [1.165, 1.54) is 0 Å². The highest BCUT2D eigenvalue weighted by Gasteiger charge is 2.23. The number of carbonyl (C=O) groups is 1. The minimum Gasteiger partial charge on any atom is -0.444 e. The number of hydrogen-bond donors (Lipinski definition) is 0. The first-order chi connectivity index (χ1) is 12.3. The number of thiophene rings is 1. The normalized spacial score (nSPS) is 19.6. The zero-order valence-electron chi connectivity index (χ0n) is 14.4. The van der Waals surface area contributed by atoms with Crippen LogP contribution in [-0.2, 0) is 11.3 Å². The molecule has 0 atom stereocenters. The van der Waals surface area contributed by atoms with Gasteiger partial charge in [-0.15, -0.1) is 11.3 Å². The van der Waals surface area contributed by atoms with Gasteiger partial charge in [-0.05, 0) is 24.3 Å². The number of piperazine rings is 1. The third kappa shape index (κ3) is 4.11. The molecule has 0 radical (unpaired) electrons. The number of carbonyl (C=O) groups excluding carboxylic acids is 1. The summed E-state index contributed by atoms with van der Waals surface area (Å²) in [7, 11) is 0. The first kappa shape index (κ1) is 16.8. The Hall–Kier alpha value is -1.70. The van der Waals surface area contributed by atoms with E-state index in [0.717, 1.165) is 69.2 Å². The van der Waals surface area contributed by atoms with Crippen molar-refractivity contribution in [1.82, 2.24) is 19.7 Å². The van der Waals surface area contributed by atoms with Crippen molar-refractivity contribution >= 4 is 17.2 Å². The van der Waals surface area contributed by atoms with Gasteiger partial charge in [-0.1, -0.05) is 6.07 Å². The van der Waals surface area contributed by atoms with Crippen LogP contribution < -0.4 is 0 Å². The molecule has 2 aliphatic heterocycles. The first-order valence-corrected chi connectivity index (χ1v) is 9.87. The Bertz CT molecular complexity index is 686. The molecular weight excluding hydrogens is 336 g/mol. The maximum absolute atomic E-state index is 12.3. The van der Waals surface area contributed by atoms with Crippen LogP contribution >= 0.6 is 11.3 Å². The zero-order chi connectivity index (χ0) is 17.1. The van der Waals surface area contributed by atoms with Crippen LogP contribution in [-0.4, -0.2) is 71.4 Å². The lowest BCUT2D eigenvalue weighted by Gasteiger charge is -2.34. The Balaban J connectivity index is 1.24. The van der Waals surface area contributed by atoms with E-state index in [4.69, 9.17) is 4.42 Å². The van der Waals surface area contributed by atoms with Crippen molar-refractivity contribution in [3.8, 4) is 10.8 Å². The third-order valence-corrected chi connectivity index (χ3v) is 5.81. The lowest BCUT2D eigenvalue weighted by atomic mass is 10.3. The van der Waals surface area contributed by atoms with Crippen LogP contribution in [0.1, 0.15) is 18.5 Å². The van der Waals surface area contributed by atoms with Gasteiger partial charge in [-0.2, -0.15) is 0 Å². The van der Waals surface area contributed by atoms with Crippen molar-refractivity contribution in [1.29, 1.82) is 0 Å². The van der Waals surface area contributed by atoms with Crippen molar-refractivity contribution in [3.63, 3.8) is 0 Å². The molecule has 0 aromatic carbocycles. The summed E-state index contributed by atoms with van der Waals surface area (Å²) >= 11 is 1.64. The van der Waals surface area contributed by atoms with Crippen molar-refractivity contribution in [2.24, 2.45) is 0 Å². The van der Waals surface area contributed by atoms with Gasteiger partial charge in [-0.25, -0.2) is 4.98 Å². The van der Waals surface area contributed by atoms with Crippen molar-refractivity contribution in [2.45, 2.75) is 19.4 Å². The predicted octanol–water partition coefficient (Wildman–Crippen LogP) is 2.14. The third-order valence-electron chi connectivity index (χ3n) is 4.95. The van der Waals surface area contributed by atoms with Gasteiger partial charge in [0.05, 0.1) is 17.1 Å². The summed E-state index contributed by atoms with van der Waals surface area (Å²) in [6.45, 7) is 7.07. The fourth-order valence-corrected chi connectivity index (χ4v) is 4.14. The van der Waals surface area contributed by atoms with E-state index in [1.807, 2.05) is 22.4 Å². The standard InChI is InChI=1S/C18H24N4O2S/c23-17(22-5-1-2-6-22)13-21-9-7-20(8-10-21)12-15-14-24-18(19-15)16-4-3-11-25-16/h3-4,11,14H,1-2,5-10,12-13H2. The summed E-state index contributed by atoms with van der Waals surface area (Å²) in [5, 5.41) is 2.03. The van der Waals surface area contributed by atoms with Crippen molar-refractivity contribution in [3.05, 3.63) is 29.5 Å². The summed E-state index contributed by atoms with van der Waals surface area (Å²) in [5.74, 6) is 1.00. The number of amides is 1. The van der Waals surface area contributed by atoms with E-state index in [-0.39, 0.29) is 0 Å². The van der Waals surface area contributed by atoms with E-state index in [0.29, 0.717) is 18.3 Å². The molecule has 2 saturated heterocycles. The molecular formula is C18H24N4O2S. The molecule has 2 fully saturated rings. The maximum Gasteiger partial charge on any atom is 0.236 e. The van der Waals surface area contributed by atoms with Crippen molar-refractivity contribution < 1.29 is 9.21 Å². The van der Waals surface area contributed by atoms with Crippen LogP contribution in [0.5, 0.6) is 0 Å². The highest BCUT2D eigenvalue weighted by atomic mass is 32.1. The van der Waals surface area contributed by atoms with Gasteiger partial charge in [0.2, 0.25) is 11.8 Å². The van der Waals surface area contributed by atoms with E-state index >= 15 is 0 Å². The highest BCUT2D eigenvalue weighted by Crippen LogP contribution is 2.24. The monoisotopic (exact) mass is 360 g/mol. The second-order valence-electron chi connectivity index (χ2n) is 6.76. The molecule has 0 N–H and O–H groups in total. The maximum atomic E-state index is 12.3. The van der Waals surface area contributed by atoms with E-state index in [1.54, 1.807) is 17.6 Å². The fraction of sp³-hybridized carbons (Fsp3) is 0.556. The number of oxazole rings is 1. The molecule has 134 valence electrons. The number of likely N-dealkylation sites (tertiary alicyclic amines) is 1. The molecule has 0 bridgehead atoms. The zero-order valence-corrected chi connectivity index (χ0v) is 15.2. The SMILES string of the molecule is O=C(CN1CCN(Cc2coc(-c3cccs3)n2)CC1)N1CCCC1. The molecule has 0 aliphatic carbocycles. The summed E-state index contributed by atoms with van der Waals surface area (Å²) in [4.78, 5) is 24.6. The second-order valence-corrected chi connectivity index (χ2v) is 7.71. The largest absolute Gasteiger partial charge is 0.444 e. The Labute approximate surface area is 152 Å². The summed E-state index contributed by atoms with van der Waals surface area (Å²) < 4.78 is 5.59. The molecule has 1 amide bonds. The first-order valence-electron chi connectivity index (χ1n) is 8.99. The minimum absolute atomic E-state index is 0.294. The van der Waals surface area contributed by atoms with Crippen LogP contribution in [0.25, 0.3) is 10.8 Å². The van der Waals surface area contributed by atoms with Crippen LogP contribution in [0, 0.1) is 0 Å². The molecule has 0 unspecified atom stereocenters.